The minimum atomic E-state index is -0.557. The molecule has 106 valence electrons. The van der Waals surface area contributed by atoms with Crippen LogP contribution in [0.4, 0.5) is 0 Å². The molecule has 0 N–H and O–H groups in total. The van der Waals surface area contributed by atoms with Crippen LogP contribution in [0.1, 0.15) is 50.3 Å². The molecule has 0 aromatic carbocycles. The van der Waals surface area contributed by atoms with Crippen molar-refractivity contribution in [3.8, 4) is 0 Å². The summed E-state index contributed by atoms with van der Waals surface area (Å²) in [7, 11) is 0. The fraction of sp³-hybridized carbons (Fsp3) is 0.667. The van der Waals surface area contributed by atoms with Crippen molar-refractivity contribution in [1.29, 1.82) is 0 Å². The number of carbonyl (C=O) groups is 1. The molecule has 1 saturated carbocycles. The lowest BCUT2D eigenvalue weighted by atomic mass is 9.87. The molecule has 1 heterocycles. The molecule has 0 atom stereocenters. The van der Waals surface area contributed by atoms with Crippen LogP contribution in [0, 0.1) is 0 Å². The fourth-order valence-electron chi connectivity index (χ4n) is 2.84. The molecule has 1 aliphatic carbocycles. The number of thiophene rings is 1. The van der Waals surface area contributed by atoms with E-state index in [1.165, 1.54) is 12.8 Å². The van der Waals surface area contributed by atoms with Crippen LogP contribution in [0.5, 0.6) is 0 Å². The van der Waals surface area contributed by atoms with Crippen molar-refractivity contribution in [3.05, 3.63) is 21.3 Å². The number of carbonyl (C=O) groups excluding carboxylic acids is 1. The predicted octanol–water partition coefficient (Wildman–Crippen LogP) is 4.64. The zero-order chi connectivity index (χ0) is 13.7. The quantitative estimate of drug-likeness (QED) is 0.740. The van der Waals surface area contributed by atoms with Gasteiger partial charge >= 0.3 is 0 Å². The van der Waals surface area contributed by atoms with Gasteiger partial charge in [-0.3, -0.25) is 4.79 Å². The van der Waals surface area contributed by atoms with E-state index >= 15 is 0 Å². The Kier molecular flexibility index (Phi) is 5.43. The summed E-state index contributed by atoms with van der Waals surface area (Å²) in [5.41, 5.74) is -0.557. The topological polar surface area (TPSA) is 26.3 Å². The van der Waals surface area contributed by atoms with E-state index < -0.39 is 5.60 Å². The van der Waals surface area contributed by atoms with E-state index in [-0.39, 0.29) is 5.78 Å². The Morgan fingerprint density at radius 2 is 2.05 bits per heavy atom. The minimum Gasteiger partial charge on any atom is -0.367 e. The largest absolute Gasteiger partial charge is 0.367 e. The monoisotopic (exact) mass is 300 g/mol. The third-order valence-corrected chi connectivity index (χ3v) is 5.24. The van der Waals surface area contributed by atoms with Gasteiger partial charge in [-0.2, -0.15) is 0 Å². The van der Waals surface area contributed by atoms with Crippen molar-refractivity contribution in [2.45, 2.75) is 57.5 Å². The fourth-order valence-corrected chi connectivity index (χ4v) is 3.94. The van der Waals surface area contributed by atoms with E-state index in [0.29, 0.717) is 18.1 Å². The summed E-state index contributed by atoms with van der Waals surface area (Å²) in [6.07, 6.45) is 6.74. The lowest BCUT2D eigenvalue weighted by molar-refractivity contribution is -0.145. The van der Waals surface area contributed by atoms with Gasteiger partial charge in [0.1, 0.15) is 5.60 Å². The number of Topliss-reactive ketones (excluding diaryl/α,β-unsaturated/α-hetero) is 1. The highest BCUT2D eigenvalue weighted by molar-refractivity contribution is 7.10. The zero-order valence-electron chi connectivity index (χ0n) is 11.4. The number of halogens is 1. The summed E-state index contributed by atoms with van der Waals surface area (Å²) < 4.78 is 5.91. The van der Waals surface area contributed by atoms with E-state index in [1.807, 2.05) is 18.4 Å². The van der Waals surface area contributed by atoms with Crippen LogP contribution in [-0.4, -0.2) is 18.0 Å². The molecule has 2 nitrogen and oxygen atoms in total. The number of ketones is 1. The molecule has 1 aliphatic rings. The van der Waals surface area contributed by atoms with E-state index in [2.05, 4.69) is 0 Å². The van der Waals surface area contributed by atoms with Crippen molar-refractivity contribution < 1.29 is 9.53 Å². The summed E-state index contributed by atoms with van der Waals surface area (Å²) >= 11 is 7.65. The highest BCUT2D eigenvalue weighted by Gasteiger charge is 2.39. The average molecular weight is 301 g/mol. The molecular weight excluding hydrogens is 280 g/mol. The highest BCUT2D eigenvalue weighted by Crippen LogP contribution is 2.34. The third-order valence-electron chi connectivity index (χ3n) is 3.85. The van der Waals surface area contributed by atoms with Gasteiger partial charge in [-0.25, -0.2) is 0 Å². The third kappa shape index (κ3) is 3.59. The van der Waals surface area contributed by atoms with Crippen molar-refractivity contribution in [2.24, 2.45) is 0 Å². The Morgan fingerprint density at radius 3 is 2.58 bits per heavy atom. The van der Waals surface area contributed by atoms with E-state index in [4.69, 9.17) is 16.3 Å². The first-order valence-corrected chi connectivity index (χ1v) is 8.33. The van der Waals surface area contributed by atoms with Gasteiger partial charge in [0.25, 0.3) is 0 Å². The van der Waals surface area contributed by atoms with Gasteiger partial charge in [0.05, 0.1) is 5.02 Å². The lowest BCUT2D eigenvalue weighted by Gasteiger charge is -2.31. The molecule has 19 heavy (non-hydrogen) atoms. The molecule has 1 fully saturated rings. The van der Waals surface area contributed by atoms with Crippen LogP contribution in [0.15, 0.2) is 11.4 Å². The SMILES string of the molecule is CCOC1(C(=O)Cc2sccc2Cl)CCCCCC1. The van der Waals surface area contributed by atoms with Gasteiger partial charge in [0, 0.05) is 17.9 Å². The van der Waals surface area contributed by atoms with Gasteiger partial charge in [-0.05, 0) is 31.2 Å². The second kappa shape index (κ2) is 6.87. The minimum absolute atomic E-state index is 0.209. The summed E-state index contributed by atoms with van der Waals surface area (Å²) in [5, 5.41) is 2.64. The van der Waals surface area contributed by atoms with Gasteiger partial charge in [-0.15, -0.1) is 11.3 Å². The number of hydrogen-bond donors (Lipinski definition) is 0. The Morgan fingerprint density at radius 1 is 1.37 bits per heavy atom. The maximum Gasteiger partial charge on any atom is 0.169 e. The van der Waals surface area contributed by atoms with Gasteiger partial charge in [0.15, 0.2) is 5.78 Å². The Hall–Kier alpha value is -0.380. The molecule has 0 radical (unpaired) electrons. The van der Waals surface area contributed by atoms with Crippen LogP contribution in [0.25, 0.3) is 0 Å². The summed E-state index contributed by atoms with van der Waals surface area (Å²) in [5.74, 6) is 0.209. The second-order valence-electron chi connectivity index (χ2n) is 5.13. The first-order chi connectivity index (χ1) is 9.18. The van der Waals surface area contributed by atoms with Gasteiger partial charge < -0.3 is 4.74 Å². The Labute approximate surface area is 124 Å². The van der Waals surface area contributed by atoms with Gasteiger partial charge in [-0.1, -0.05) is 37.3 Å². The number of hydrogen-bond acceptors (Lipinski definition) is 3. The maximum absolute atomic E-state index is 12.7. The molecule has 0 aliphatic heterocycles. The van der Waals surface area contributed by atoms with E-state index in [0.717, 1.165) is 30.6 Å². The first-order valence-electron chi connectivity index (χ1n) is 7.07. The summed E-state index contributed by atoms with van der Waals surface area (Å²) in [6, 6.07) is 1.86. The van der Waals surface area contributed by atoms with E-state index in [9.17, 15) is 4.79 Å². The first kappa shape index (κ1) is 15.0. The number of rotatable bonds is 5. The maximum atomic E-state index is 12.7. The lowest BCUT2D eigenvalue weighted by Crippen LogP contribution is -2.42. The van der Waals surface area contributed by atoms with Crippen molar-refractivity contribution in [2.75, 3.05) is 6.61 Å². The Bertz CT molecular complexity index is 420. The smallest absolute Gasteiger partial charge is 0.169 e. The normalized spacial score (nSPS) is 19.1. The highest BCUT2D eigenvalue weighted by atomic mass is 35.5. The molecule has 1 aromatic heterocycles. The van der Waals surface area contributed by atoms with Crippen LogP contribution >= 0.6 is 22.9 Å². The molecular formula is C15H21ClO2S. The Balaban J connectivity index is 2.13. The van der Waals surface area contributed by atoms with Crippen molar-refractivity contribution in [3.63, 3.8) is 0 Å². The van der Waals surface area contributed by atoms with Crippen molar-refractivity contribution in [1.82, 2.24) is 0 Å². The molecule has 0 spiro atoms. The molecule has 0 amide bonds. The molecule has 0 saturated heterocycles. The molecule has 1 aromatic rings. The average Bonchev–Trinajstić information content (AvgIpc) is 2.66. The summed E-state index contributed by atoms with van der Waals surface area (Å²) in [6.45, 7) is 2.57. The standard InChI is InChI=1S/C15H21ClO2S/c1-2-18-15(8-5-3-4-6-9-15)14(17)11-13-12(16)7-10-19-13/h7,10H,2-6,8-9,11H2,1H3. The van der Waals surface area contributed by atoms with Crippen LogP contribution in [0.3, 0.4) is 0 Å². The van der Waals surface area contributed by atoms with Crippen molar-refractivity contribution >= 4 is 28.7 Å². The van der Waals surface area contributed by atoms with Crippen LogP contribution in [-0.2, 0) is 16.0 Å². The second-order valence-corrected chi connectivity index (χ2v) is 6.54. The number of ether oxygens (including phenoxy) is 1. The predicted molar refractivity (Wildman–Crippen MR) is 80.1 cm³/mol. The van der Waals surface area contributed by atoms with E-state index in [1.54, 1.807) is 11.3 Å². The molecule has 2 rings (SSSR count). The molecule has 4 heteroatoms. The molecule has 0 unspecified atom stereocenters. The zero-order valence-corrected chi connectivity index (χ0v) is 13.0. The van der Waals surface area contributed by atoms with Gasteiger partial charge in [0.2, 0.25) is 0 Å². The van der Waals surface area contributed by atoms with Crippen LogP contribution < -0.4 is 0 Å². The van der Waals surface area contributed by atoms with Crippen LogP contribution in [0.2, 0.25) is 5.02 Å². The molecule has 0 bridgehead atoms. The summed E-state index contributed by atoms with van der Waals surface area (Å²) in [4.78, 5) is 13.7.